The van der Waals surface area contributed by atoms with Crippen LogP contribution in [-0.4, -0.2) is 17.6 Å². The summed E-state index contributed by atoms with van der Waals surface area (Å²) in [5, 5.41) is 0.440. The Bertz CT molecular complexity index is 676. The molecule has 2 aromatic rings. The first-order valence-corrected chi connectivity index (χ1v) is 7.13. The van der Waals surface area contributed by atoms with Crippen molar-refractivity contribution in [3.63, 3.8) is 0 Å². The number of rotatable bonds is 3. The van der Waals surface area contributed by atoms with E-state index in [1.165, 1.54) is 17.4 Å². The molecule has 0 aliphatic heterocycles. The van der Waals surface area contributed by atoms with Gasteiger partial charge in [-0.2, -0.15) is 13.2 Å². The SMILES string of the molecule is CCOC(=O)C(C)(C)c1nc2cc(C(F)(F)F)ccc2s1. The highest BCUT2D eigenvalue weighted by Crippen LogP contribution is 2.36. The Labute approximate surface area is 123 Å². The molecule has 0 radical (unpaired) electrons. The van der Waals surface area contributed by atoms with Gasteiger partial charge in [-0.25, -0.2) is 4.98 Å². The molecule has 2 rings (SSSR count). The Balaban J connectivity index is 2.46. The maximum atomic E-state index is 12.7. The maximum absolute atomic E-state index is 12.7. The summed E-state index contributed by atoms with van der Waals surface area (Å²) in [6, 6.07) is 3.39. The first-order valence-electron chi connectivity index (χ1n) is 6.31. The Morgan fingerprint density at radius 2 is 2.00 bits per heavy atom. The van der Waals surface area contributed by atoms with Crippen LogP contribution in [0, 0.1) is 0 Å². The van der Waals surface area contributed by atoms with E-state index in [1.54, 1.807) is 20.8 Å². The molecule has 0 bridgehead atoms. The van der Waals surface area contributed by atoms with Crippen LogP contribution in [0.3, 0.4) is 0 Å². The van der Waals surface area contributed by atoms with Gasteiger partial charge >= 0.3 is 12.1 Å². The minimum Gasteiger partial charge on any atom is -0.465 e. The molecule has 0 fully saturated rings. The van der Waals surface area contributed by atoms with Crippen LogP contribution in [-0.2, 0) is 21.1 Å². The minimum absolute atomic E-state index is 0.238. The second-order valence-corrected chi connectivity index (χ2v) is 6.08. The Morgan fingerprint density at radius 1 is 1.33 bits per heavy atom. The summed E-state index contributed by atoms with van der Waals surface area (Å²) in [5.41, 5.74) is -1.50. The highest BCUT2D eigenvalue weighted by atomic mass is 32.1. The molecular formula is C14H14F3NO2S. The fourth-order valence-electron chi connectivity index (χ4n) is 1.77. The van der Waals surface area contributed by atoms with E-state index in [0.717, 1.165) is 12.1 Å². The van der Waals surface area contributed by atoms with Crippen molar-refractivity contribution >= 4 is 27.5 Å². The molecule has 21 heavy (non-hydrogen) atoms. The first kappa shape index (κ1) is 15.8. The second kappa shape index (κ2) is 5.29. The zero-order valence-electron chi connectivity index (χ0n) is 11.7. The van der Waals surface area contributed by atoms with Gasteiger partial charge in [-0.1, -0.05) is 0 Å². The molecule has 0 aliphatic carbocycles. The molecule has 0 atom stereocenters. The third kappa shape index (κ3) is 3.02. The molecule has 0 aliphatic rings. The van der Waals surface area contributed by atoms with Crippen LogP contribution in [0.25, 0.3) is 10.2 Å². The highest BCUT2D eigenvalue weighted by molar-refractivity contribution is 7.18. The molecule has 0 saturated heterocycles. The zero-order valence-corrected chi connectivity index (χ0v) is 12.6. The number of benzene rings is 1. The number of carbonyl (C=O) groups excluding carboxylic acids is 1. The van der Waals surface area contributed by atoms with Crippen molar-refractivity contribution in [2.75, 3.05) is 6.61 Å². The van der Waals surface area contributed by atoms with E-state index in [4.69, 9.17) is 4.74 Å². The molecule has 0 amide bonds. The van der Waals surface area contributed by atoms with Gasteiger partial charge in [0, 0.05) is 0 Å². The fourth-order valence-corrected chi connectivity index (χ4v) is 2.81. The molecule has 1 heterocycles. The number of nitrogens with zero attached hydrogens (tertiary/aromatic N) is 1. The molecule has 1 aromatic heterocycles. The lowest BCUT2D eigenvalue weighted by molar-refractivity contribution is -0.148. The average Bonchev–Trinajstić information content (AvgIpc) is 2.81. The number of ether oxygens (including phenoxy) is 1. The van der Waals surface area contributed by atoms with Crippen LogP contribution in [0.5, 0.6) is 0 Å². The lowest BCUT2D eigenvalue weighted by Gasteiger charge is -2.19. The molecule has 3 nitrogen and oxygen atoms in total. The van der Waals surface area contributed by atoms with E-state index < -0.39 is 23.1 Å². The predicted octanol–water partition coefficient (Wildman–Crippen LogP) is 4.16. The monoisotopic (exact) mass is 317 g/mol. The number of hydrogen-bond acceptors (Lipinski definition) is 4. The summed E-state index contributed by atoms with van der Waals surface area (Å²) in [5.74, 6) is -0.444. The molecule has 0 N–H and O–H groups in total. The van der Waals surface area contributed by atoms with Crippen LogP contribution in [0.4, 0.5) is 13.2 Å². The fraction of sp³-hybridized carbons (Fsp3) is 0.429. The van der Waals surface area contributed by atoms with Gasteiger partial charge < -0.3 is 4.74 Å². The molecule has 7 heteroatoms. The third-order valence-corrected chi connectivity index (χ3v) is 4.40. The molecular weight excluding hydrogens is 303 g/mol. The van der Waals surface area contributed by atoms with E-state index in [0.29, 0.717) is 9.71 Å². The van der Waals surface area contributed by atoms with Gasteiger partial charge in [0.05, 0.1) is 22.4 Å². The molecule has 1 aromatic carbocycles. The smallest absolute Gasteiger partial charge is 0.416 e. The summed E-state index contributed by atoms with van der Waals surface area (Å²) < 4.78 is 43.6. The number of esters is 1. The van der Waals surface area contributed by atoms with Crippen molar-refractivity contribution in [3.8, 4) is 0 Å². The van der Waals surface area contributed by atoms with Crippen LogP contribution in [0.15, 0.2) is 18.2 Å². The van der Waals surface area contributed by atoms with Gasteiger partial charge in [0.2, 0.25) is 0 Å². The predicted molar refractivity (Wildman–Crippen MR) is 74.3 cm³/mol. The molecule has 0 unspecified atom stereocenters. The highest BCUT2D eigenvalue weighted by Gasteiger charge is 2.35. The van der Waals surface area contributed by atoms with Gasteiger partial charge in [0.15, 0.2) is 0 Å². The molecule has 0 spiro atoms. The summed E-state index contributed by atoms with van der Waals surface area (Å²) in [6.45, 7) is 5.23. The van der Waals surface area contributed by atoms with Gasteiger partial charge in [-0.15, -0.1) is 11.3 Å². The normalized spacial score (nSPS) is 12.7. The number of fused-ring (bicyclic) bond motifs is 1. The van der Waals surface area contributed by atoms with Gasteiger partial charge in [0.25, 0.3) is 0 Å². The average molecular weight is 317 g/mol. The Kier molecular flexibility index (Phi) is 3.97. The summed E-state index contributed by atoms with van der Waals surface area (Å²) in [7, 11) is 0. The summed E-state index contributed by atoms with van der Waals surface area (Å²) >= 11 is 1.20. The van der Waals surface area contributed by atoms with Crippen LogP contribution in [0.1, 0.15) is 31.3 Å². The number of carbonyl (C=O) groups is 1. The van der Waals surface area contributed by atoms with Crippen molar-refractivity contribution in [1.82, 2.24) is 4.98 Å². The maximum Gasteiger partial charge on any atom is 0.416 e. The van der Waals surface area contributed by atoms with Crippen molar-refractivity contribution in [3.05, 3.63) is 28.8 Å². The topological polar surface area (TPSA) is 39.2 Å². The number of thiazole rings is 1. The van der Waals surface area contributed by atoms with Gasteiger partial charge in [-0.05, 0) is 39.0 Å². The van der Waals surface area contributed by atoms with Crippen LogP contribution in [0.2, 0.25) is 0 Å². The number of alkyl halides is 3. The lowest BCUT2D eigenvalue weighted by Crippen LogP contribution is -2.30. The Hall–Kier alpha value is -1.63. The van der Waals surface area contributed by atoms with Gasteiger partial charge in [0.1, 0.15) is 10.4 Å². The minimum atomic E-state index is -4.41. The second-order valence-electron chi connectivity index (χ2n) is 5.04. The van der Waals surface area contributed by atoms with E-state index in [2.05, 4.69) is 4.98 Å². The van der Waals surface area contributed by atoms with E-state index in [1.807, 2.05) is 0 Å². The molecule has 0 saturated carbocycles. The van der Waals surface area contributed by atoms with E-state index in [-0.39, 0.29) is 12.1 Å². The summed E-state index contributed by atoms with van der Waals surface area (Å²) in [6.07, 6.45) is -4.41. The largest absolute Gasteiger partial charge is 0.465 e. The summed E-state index contributed by atoms with van der Waals surface area (Å²) in [4.78, 5) is 16.1. The van der Waals surface area contributed by atoms with Crippen molar-refractivity contribution in [1.29, 1.82) is 0 Å². The van der Waals surface area contributed by atoms with Crippen molar-refractivity contribution < 1.29 is 22.7 Å². The number of halogens is 3. The van der Waals surface area contributed by atoms with Crippen molar-refractivity contribution in [2.45, 2.75) is 32.4 Å². The van der Waals surface area contributed by atoms with Crippen LogP contribution >= 0.6 is 11.3 Å². The molecule has 114 valence electrons. The Morgan fingerprint density at radius 3 is 2.57 bits per heavy atom. The lowest BCUT2D eigenvalue weighted by atomic mass is 9.95. The zero-order chi connectivity index (χ0) is 15.8. The quantitative estimate of drug-likeness (QED) is 0.798. The number of aromatic nitrogens is 1. The number of hydrogen-bond donors (Lipinski definition) is 0. The van der Waals surface area contributed by atoms with Crippen molar-refractivity contribution in [2.24, 2.45) is 0 Å². The van der Waals surface area contributed by atoms with Gasteiger partial charge in [-0.3, -0.25) is 4.79 Å². The van der Waals surface area contributed by atoms with E-state index in [9.17, 15) is 18.0 Å². The first-order chi connectivity index (χ1) is 9.66. The van der Waals surface area contributed by atoms with Crippen LogP contribution < -0.4 is 0 Å². The van der Waals surface area contributed by atoms with E-state index >= 15 is 0 Å². The third-order valence-electron chi connectivity index (χ3n) is 3.04. The standard InChI is InChI=1S/C14H14F3NO2S/c1-4-20-12(19)13(2,3)11-18-9-7-8(14(15,16)17)5-6-10(9)21-11/h5-7H,4H2,1-3H3.